The molecule has 1 aliphatic heterocycles. The number of amides is 1. The van der Waals surface area contributed by atoms with Crippen LogP contribution in [0.4, 0.5) is 0 Å². The standard InChI is InChI=1S/C11H22N2O2S.ClH/c1-11(2,15-3)8-13-10(14)6-9-7-16-5-4-12-9;/h9,12H,4-8H2,1-3H3,(H,13,14);1H. The van der Waals surface area contributed by atoms with Crippen molar-refractivity contribution >= 4 is 30.1 Å². The van der Waals surface area contributed by atoms with Crippen LogP contribution in [0.5, 0.6) is 0 Å². The summed E-state index contributed by atoms with van der Waals surface area (Å²) >= 11 is 1.91. The third-order valence-electron chi connectivity index (χ3n) is 2.69. The molecule has 1 atom stereocenters. The summed E-state index contributed by atoms with van der Waals surface area (Å²) in [5, 5.41) is 6.26. The van der Waals surface area contributed by atoms with Crippen molar-refractivity contribution in [2.24, 2.45) is 0 Å². The van der Waals surface area contributed by atoms with Gasteiger partial charge in [0.05, 0.1) is 5.60 Å². The van der Waals surface area contributed by atoms with Gasteiger partial charge in [-0.3, -0.25) is 4.79 Å². The monoisotopic (exact) mass is 282 g/mol. The summed E-state index contributed by atoms with van der Waals surface area (Å²) in [6.07, 6.45) is 0.562. The van der Waals surface area contributed by atoms with Crippen molar-refractivity contribution in [2.75, 3.05) is 31.7 Å². The fourth-order valence-electron chi connectivity index (χ4n) is 1.43. The number of hydrogen-bond donors (Lipinski definition) is 2. The van der Waals surface area contributed by atoms with Crippen LogP contribution in [0.2, 0.25) is 0 Å². The quantitative estimate of drug-likeness (QED) is 0.791. The first kappa shape index (κ1) is 17.0. The number of nitrogens with one attached hydrogen (secondary N) is 2. The smallest absolute Gasteiger partial charge is 0.221 e. The molecule has 6 heteroatoms. The second-order valence-corrected chi connectivity index (χ2v) is 5.82. The minimum atomic E-state index is -0.287. The fraction of sp³-hybridized carbons (Fsp3) is 0.909. The molecule has 1 saturated heterocycles. The van der Waals surface area contributed by atoms with E-state index in [1.165, 1.54) is 0 Å². The van der Waals surface area contributed by atoms with Gasteiger partial charge in [-0.25, -0.2) is 0 Å². The van der Waals surface area contributed by atoms with E-state index >= 15 is 0 Å². The summed E-state index contributed by atoms with van der Waals surface area (Å²) in [6, 6.07) is 0.324. The molecule has 0 radical (unpaired) electrons. The van der Waals surface area contributed by atoms with Crippen molar-refractivity contribution in [1.29, 1.82) is 0 Å². The van der Waals surface area contributed by atoms with Gasteiger partial charge in [0, 0.05) is 44.2 Å². The average molecular weight is 283 g/mol. The molecule has 2 N–H and O–H groups in total. The number of halogens is 1. The highest BCUT2D eigenvalue weighted by Crippen LogP contribution is 2.10. The number of methoxy groups -OCH3 is 1. The molecule has 0 bridgehead atoms. The molecule has 1 fully saturated rings. The van der Waals surface area contributed by atoms with Crippen molar-refractivity contribution in [3.63, 3.8) is 0 Å². The molecule has 0 aromatic heterocycles. The van der Waals surface area contributed by atoms with Crippen molar-refractivity contribution in [3.8, 4) is 0 Å². The number of thioether (sulfide) groups is 1. The molecule has 0 aromatic rings. The molecule has 1 rings (SSSR count). The van der Waals surface area contributed by atoms with Gasteiger partial charge in [-0.1, -0.05) is 0 Å². The molecule has 4 nitrogen and oxygen atoms in total. The number of carbonyl (C=O) groups is 1. The van der Waals surface area contributed by atoms with E-state index in [1.807, 2.05) is 25.6 Å². The van der Waals surface area contributed by atoms with Gasteiger partial charge in [0.1, 0.15) is 0 Å². The minimum absolute atomic E-state index is 0. The van der Waals surface area contributed by atoms with Crippen LogP contribution < -0.4 is 10.6 Å². The van der Waals surface area contributed by atoms with E-state index in [1.54, 1.807) is 7.11 Å². The number of rotatable bonds is 5. The Morgan fingerprint density at radius 3 is 2.82 bits per heavy atom. The first-order valence-corrected chi connectivity index (χ1v) is 6.82. The minimum Gasteiger partial charge on any atom is -0.377 e. The summed E-state index contributed by atoms with van der Waals surface area (Å²) in [5.74, 6) is 2.28. The SMILES string of the molecule is COC(C)(C)CNC(=O)CC1CSCCN1.Cl. The van der Waals surface area contributed by atoms with E-state index in [0.29, 0.717) is 19.0 Å². The lowest BCUT2D eigenvalue weighted by molar-refractivity contribution is -0.122. The number of carbonyl (C=O) groups excluding carboxylic acids is 1. The van der Waals surface area contributed by atoms with Crippen LogP contribution >= 0.6 is 24.2 Å². The molecular weight excluding hydrogens is 260 g/mol. The Hall–Kier alpha value is 0.0300. The van der Waals surface area contributed by atoms with Gasteiger partial charge < -0.3 is 15.4 Å². The largest absolute Gasteiger partial charge is 0.377 e. The third-order valence-corrected chi connectivity index (χ3v) is 3.82. The van der Waals surface area contributed by atoms with Crippen LogP contribution in [0, 0.1) is 0 Å². The molecule has 102 valence electrons. The molecule has 17 heavy (non-hydrogen) atoms. The summed E-state index contributed by atoms with van der Waals surface area (Å²) in [4.78, 5) is 11.7. The summed E-state index contributed by atoms with van der Waals surface area (Å²) in [5.41, 5.74) is -0.287. The lowest BCUT2D eigenvalue weighted by Crippen LogP contribution is -2.44. The molecular formula is C11H23ClN2O2S. The average Bonchev–Trinajstić information content (AvgIpc) is 2.28. The molecule has 1 amide bonds. The second-order valence-electron chi connectivity index (χ2n) is 4.67. The van der Waals surface area contributed by atoms with Crippen LogP contribution in [0.3, 0.4) is 0 Å². The molecule has 1 heterocycles. The maximum Gasteiger partial charge on any atom is 0.221 e. The zero-order valence-electron chi connectivity index (χ0n) is 10.7. The van der Waals surface area contributed by atoms with Gasteiger partial charge in [-0.15, -0.1) is 12.4 Å². The van der Waals surface area contributed by atoms with Gasteiger partial charge in [-0.05, 0) is 13.8 Å². The predicted octanol–water partition coefficient (Wildman–Crippen LogP) is 1.04. The second kappa shape index (κ2) is 8.19. The Morgan fingerprint density at radius 2 is 2.29 bits per heavy atom. The van der Waals surface area contributed by atoms with Crippen molar-refractivity contribution < 1.29 is 9.53 Å². The molecule has 0 aliphatic carbocycles. The summed E-state index contributed by atoms with van der Waals surface area (Å²) in [6.45, 7) is 5.48. The van der Waals surface area contributed by atoms with E-state index in [2.05, 4.69) is 10.6 Å². The summed E-state index contributed by atoms with van der Waals surface area (Å²) in [7, 11) is 1.66. The van der Waals surface area contributed by atoms with Gasteiger partial charge >= 0.3 is 0 Å². The first-order chi connectivity index (χ1) is 7.53. The normalized spacial score (nSPS) is 20.5. The van der Waals surface area contributed by atoms with Crippen LogP contribution in [0.25, 0.3) is 0 Å². The Bertz CT molecular complexity index is 234. The zero-order chi connectivity index (χ0) is 12.0. The van der Waals surface area contributed by atoms with Crippen molar-refractivity contribution in [2.45, 2.75) is 31.9 Å². The fourth-order valence-corrected chi connectivity index (χ4v) is 2.38. The maximum atomic E-state index is 11.7. The maximum absolute atomic E-state index is 11.7. The number of hydrogen-bond acceptors (Lipinski definition) is 4. The van der Waals surface area contributed by atoms with Crippen LogP contribution in [0.1, 0.15) is 20.3 Å². The molecule has 1 aliphatic rings. The highest BCUT2D eigenvalue weighted by molar-refractivity contribution is 7.99. The van der Waals surface area contributed by atoms with E-state index in [4.69, 9.17) is 4.74 Å². The third kappa shape index (κ3) is 7.13. The van der Waals surface area contributed by atoms with Crippen LogP contribution in [0.15, 0.2) is 0 Å². The highest BCUT2D eigenvalue weighted by atomic mass is 35.5. The Kier molecular flexibility index (Phi) is 8.20. The predicted molar refractivity (Wildman–Crippen MR) is 75.1 cm³/mol. The van der Waals surface area contributed by atoms with E-state index in [0.717, 1.165) is 18.1 Å². The van der Waals surface area contributed by atoms with Crippen molar-refractivity contribution in [3.05, 3.63) is 0 Å². The van der Waals surface area contributed by atoms with E-state index in [9.17, 15) is 4.79 Å². The zero-order valence-corrected chi connectivity index (χ0v) is 12.4. The Morgan fingerprint density at radius 1 is 1.59 bits per heavy atom. The lowest BCUT2D eigenvalue weighted by atomic mass is 10.1. The summed E-state index contributed by atoms with van der Waals surface area (Å²) < 4.78 is 5.24. The topological polar surface area (TPSA) is 50.4 Å². The molecule has 0 saturated carbocycles. The van der Waals surface area contributed by atoms with Gasteiger partial charge in [0.15, 0.2) is 0 Å². The molecule has 0 spiro atoms. The van der Waals surface area contributed by atoms with E-state index in [-0.39, 0.29) is 23.9 Å². The Labute approximate surface area is 114 Å². The molecule has 1 unspecified atom stereocenters. The highest BCUT2D eigenvalue weighted by Gasteiger charge is 2.20. The first-order valence-electron chi connectivity index (χ1n) is 5.66. The number of ether oxygens (including phenoxy) is 1. The van der Waals surface area contributed by atoms with Gasteiger partial charge in [-0.2, -0.15) is 11.8 Å². The van der Waals surface area contributed by atoms with Crippen molar-refractivity contribution in [1.82, 2.24) is 10.6 Å². The van der Waals surface area contributed by atoms with Crippen LogP contribution in [-0.2, 0) is 9.53 Å². The van der Waals surface area contributed by atoms with E-state index < -0.39 is 0 Å². The lowest BCUT2D eigenvalue weighted by Gasteiger charge is -2.25. The molecule has 0 aromatic carbocycles. The van der Waals surface area contributed by atoms with Crippen LogP contribution in [-0.4, -0.2) is 49.3 Å². The van der Waals surface area contributed by atoms with Gasteiger partial charge in [0.25, 0.3) is 0 Å². The Balaban J connectivity index is 0.00000256. The van der Waals surface area contributed by atoms with Gasteiger partial charge in [0.2, 0.25) is 5.91 Å².